The number of nitrogens with two attached hydrogens (primary N) is 1. The number of amides is 1. The second kappa shape index (κ2) is 6.85. The van der Waals surface area contributed by atoms with Crippen LogP contribution in [0.4, 0.5) is 0 Å². The molecule has 1 atom stereocenters. The predicted octanol–water partition coefficient (Wildman–Crippen LogP) is 0.578. The predicted molar refractivity (Wildman–Crippen MR) is 76.0 cm³/mol. The van der Waals surface area contributed by atoms with E-state index in [1.54, 1.807) is 0 Å². The van der Waals surface area contributed by atoms with Crippen LogP contribution in [0.5, 0.6) is 0 Å². The van der Waals surface area contributed by atoms with Gasteiger partial charge in [0.1, 0.15) is 5.76 Å². The molecule has 1 unspecified atom stereocenters. The van der Waals surface area contributed by atoms with Gasteiger partial charge < -0.3 is 15.6 Å². The number of hydrogen-bond donors (Lipinski definition) is 2. The van der Waals surface area contributed by atoms with Gasteiger partial charge in [-0.05, 0) is 33.2 Å². The van der Waals surface area contributed by atoms with Crippen LogP contribution in [0.25, 0.3) is 0 Å². The van der Waals surface area contributed by atoms with E-state index in [0.29, 0.717) is 13.1 Å². The summed E-state index contributed by atoms with van der Waals surface area (Å²) in [7, 11) is 0. The molecule has 3 N–H and O–H groups in total. The van der Waals surface area contributed by atoms with Crippen LogP contribution in [0.3, 0.4) is 0 Å². The maximum atomic E-state index is 12.0. The van der Waals surface area contributed by atoms with Gasteiger partial charge in [-0.2, -0.15) is 0 Å². The summed E-state index contributed by atoms with van der Waals surface area (Å²) in [5, 5.41) is 6.86. The lowest BCUT2D eigenvalue weighted by Crippen LogP contribution is -2.43. The molecule has 20 heavy (non-hydrogen) atoms. The topological polar surface area (TPSA) is 84.4 Å². The number of carbonyl (C=O) groups is 1. The second-order valence-corrected chi connectivity index (χ2v) is 5.46. The lowest BCUT2D eigenvalue weighted by atomic mass is 9.96. The molecule has 2 heterocycles. The van der Waals surface area contributed by atoms with Gasteiger partial charge in [-0.25, -0.2) is 0 Å². The lowest BCUT2D eigenvalue weighted by Gasteiger charge is -2.31. The van der Waals surface area contributed by atoms with Crippen LogP contribution in [0.2, 0.25) is 0 Å². The van der Waals surface area contributed by atoms with E-state index in [-0.39, 0.29) is 11.8 Å². The van der Waals surface area contributed by atoms with Crippen molar-refractivity contribution in [1.29, 1.82) is 0 Å². The van der Waals surface area contributed by atoms with E-state index >= 15 is 0 Å². The van der Waals surface area contributed by atoms with Gasteiger partial charge in [0.15, 0.2) is 0 Å². The standard InChI is InChI=1S/C14H24N4O2/c1-10-13(11(2)20-17-10)9-18-7-3-4-12(8-18)14(19)16-6-5-15/h12H,3-9,15H2,1-2H3,(H,16,19). The van der Waals surface area contributed by atoms with Gasteiger partial charge in [0.25, 0.3) is 0 Å². The Hall–Kier alpha value is -1.40. The number of likely N-dealkylation sites (tertiary alicyclic amines) is 1. The maximum Gasteiger partial charge on any atom is 0.224 e. The molecule has 0 saturated carbocycles. The first-order valence-corrected chi connectivity index (χ1v) is 7.23. The normalized spacial score (nSPS) is 20.1. The van der Waals surface area contributed by atoms with E-state index in [1.807, 2.05) is 13.8 Å². The molecule has 0 aliphatic carbocycles. The number of aryl methyl sites for hydroxylation is 2. The number of piperidine rings is 1. The molecule has 1 aliphatic rings. The number of carbonyl (C=O) groups excluding carboxylic acids is 1. The molecule has 0 bridgehead atoms. The summed E-state index contributed by atoms with van der Waals surface area (Å²) in [6.45, 7) is 7.55. The number of rotatable bonds is 5. The van der Waals surface area contributed by atoms with E-state index < -0.39 is 0 Å². The van der Waals surface area contributed by atoms with Crippen LogP contribution in [-0.2, 0) is 11.3 Å². The minimum Gasteiger partial charge on any atom is -0.361 e. The Bertz CT molecular complexity index is 439. The second-order valence-electron chi connectivity index (χ2n) is 5.46. The third-order valence-corrected chi connectivity index (χ3v) is 3.88. The summed E-state index contributed by atoms with van der Waals surface area (Å²) in [6.07, 6.45) is 2.00. The molecule has 1 fully saturated rings. The lowest BCUT2D eigenvalue weighted by molar-refractivity contribution is -0.126. The number of nitrogens with zero attached hydrogens (tertiary/aromatic N) is 2. The van der Waals surface area contributed by atoms with Crippen molar-refractivity contribution >= 4 is 5.91 Å². The molecule has 6 nitrogen and oxygen atoms in total. The summed E-state index contributed by atoms with van der Waals surface area (Å²) in [6, 6.07) is 0. The van der Waals surface area contributed by atoms with E-state index in [2.05, 4.69) is 15.4 Å². The Morgan fingerprint density at radius 2 is 2.35 bits per heavy atom. The molecule has 1 aromatic rings. The molecule has 1 aliphatic heterocycles. The highest BCUT2D eigenvalue weighted by Gasteiger charge is 2.26. The summed E-state index contributed by atoms with van der Waals surface area (Å²) >= 11 is 0. The van der Waals surface area contributed by atoms with Crippen molar-refractivity contribution in [1.82, 2.24) is 15.4 Å². The van der Waals surface area contributed by atoms with Crippen molar-refractivity contribution in [2.75, 3.05) is 26.2 Å². The van der Waals surface area contributed by atoms with Gasteiger partial charge in [-0.3, -0.25) is 9.69 Å². The molecule has 0 spiro atoms. The number of nitrogens with one attached hydrogen (secondary N) is 1. The summed E-state index contributed by atoms with van der Waals surface area (Å²) in [5.41, 5.74) is 7.50. The summed E-state index contributed by atoms with van der Waals surface area (Å²) < 4.78 is 5.19. The third kappa shape index (κ3) is 3.58. The minimum absolute atomic E-state index is 0.0655. The largest absolute Gasteiger partial charge is 0.361 e. The quantitative estimate of drug-likeness (QED) is 0.824. The molecule has 0 radical (unpaired) electrons. The van der Waals surface area contributed by atoms with Crippen molar-refractivity contribution in [2.45, 2.75) is 33.2 Å². The van der Waals surface area contributed by atoms with Gasteiger partial charge in [-0.1, -0.05) is 5.16 Å². The highest BCUT2D eigenvalue weighted by Crippen LogP contribution is 2.21. The van der Waals surface area contributed by atoms with Crippen LogP contribution in [0.1, 0.15) is 29.9 Å². The van der Waals surface area contributed by atoms with Gasteiger partial charge in [0.2, 0.25) is 5.91 Å². The Kier molecular flexibility index (Phi) is 5.14. The summed E-state index contributed by atoms with van der Waals surface area (Å²) in [5.74, 6) is 1.06. The SMILES string of the molecule is Cc1noc(C)c1CN1CCCC(C(=O)NCCN)C1. The molecule has 1 saturated heterocycles. The Balaban J connectivity index is 1.92. The number of hydrogen-bond acceptors (Lipinski definition) is 5. The molecule has 6 heteroatoms. The van der Waals surface area contributed by atoms with Crippen LogP contribution in [0, 0.1) is 19.8 Å². The van der Waals surface area contributed by atoms with Crippen LogP contribution < -0.4 is 11.1 Å². The van der Waals surface area contributed by atoms with E-state index in [4.69, 9.17) is 10.3 Å². The average Bonchev–Trinajstić information content (AvgIpc) is 2.77. The first kappa shape index (κ1) is 15.0. The first-order chi connectivity index (χ1) is 9.61. The van der Waals surface area contributed by atoms with Gasteiger partial charge in [-0.15, -0.1) is 0 Å². The highest BCUT2D eigenvalue weighted by atomic mass is 16.5. The monoisotopic (exact) mass is 280 g/mol. The number of aromatic nitrogens is 1. The van der Waals surface area contributed by atoms with Gasteiger partial charge >= 0.3 is 0 Å². The van der Waals surface area contributed by atoms with Crippen molar-refractivity contribution in [3.8, 4) is 0 Å². The van der Waals surface area contributed by atoms with Gasteiger partial charge in [0.05, 0.1) is 11.6 Å². The Labute approximate surface area is 119 Å². The highest BCUT2D eigenvalue weighted by molar-refractivity contribution is 5.78. The molecular weight excluding hydrogens is 256 g/mol. The zero-order valence-corrected chi connectivity index (χ0v) is 12.3. The van der Waals surface area contributed by atoms with Crippen LogP contribution >= 0.6 is 0 Å². The third-order valence-electron chi connectivity index (χ3n) is 3.88. The average molecular weight is 280 g/mol. The van der Waals surface area contributed by atoms with Gasteiger partial charge in [0, 0.05) is 31.7 Å². The molecule has 1 aromatic heterocycles. The van der Waals surface area contributed by atoms with Crippen LogP contribution in [-0.4, -0.2) is 42.1 Å². The fourth-order valence-corrected chi connectivity index (χ4v) is 2.70. The van der Waals surface area contributed by atoms with E-state index in [1.165, 1.54) is 0 Å². The van der Waals surface area contributed by atoms with Crippen molar-refractivity contribution in [3.63, 3.8) is 0 Å². The Morgan fingerprint density at radius 1 is 1.55 bits per heavy atom. The van der Waals surface area contributed by atoms with E-state index in [9.17, 15) is 4.79 Å². The molecule has 112 valence electrons. The van der Waals surface area contributed by atoms with Crippen LogP contribution in [0.15, 0.2) is 4.52 Å². The molecular formula is C14H24N4O2. The minimum atomic E-state index is 0.0655. The maximum absolute atomic E-state index is 12.0. The fraction of sp³-hybridized carbons (Fsp3) is 0.714. The smallest absolute Gasteiger partial charge is 0.224 e. The summed E-state index contributed by atoms with van der Waals surface area (Å²) in [4.78, 5) is 14.3. The zero-order valence-electron chi connectivity index (χ0n) is 12.3. The van der Waals surface area contributed by atoms with E-state index in [0.717, 1.165) is 49.5 Å². The van der Waals surface area contributed by atoms with Crippen molar-refractivity contribution in [2.24, 2.45) is 11.7 Å². The molecule has 2 rings (SSSR count). The zero-order chi connectivity index (χ0) is 14.5. The van der Waals surface area contributed by atoms with Crippen molar-refractivity contribution < 1.29 is 9.32 Å². The van der Waals surface area contributed by atoms with Crippen molar-refractivity contribution in [3.05, 3.63) is 17.0 Å². The Morgan fingerprint density at radius 3 is 3.00 bits per heavy atom. The molecule has 0 aromatic carbocycles. The molecule has 1 amide bonds. The fourth-order valence-electron chi connectivity index (χ4n) is 2.70. The first-order valence-electron chi connectivity index (χ1n) is 7.23.